The van der Waals surface area contributed by atoms with Gasteiger partial charge in [0.1, 0.15) is 5.82 Å². The molecule has 6 heteroatoms. The van der Waals surface area contributed by atoms with Gasteiger partial charge in [-0.1, -0.05) is 0 Å². The number of aromatic nitrogens is 2. The second-order valence-corrected chi connectivity index (χ2v) is 6.93. The monoisotopic (exact) mass is 356 g/mol. The van der Waals surface area contributed by atoms with Crippen LogP contribution in [0.4, 0.5) is 4.39 Å². The first-order valence-corrected chi connectivity index (χ1v) is 7.69. The quantitative estimate of drug-likeness (QED) is 0.639. The van der Waals surface area contributed by atoms with Crippen molar-refractivity contribution >= 4 is 50.5 Å². The summed E-state index contributed by atoms with van der Waals surface area (Å²) in [6.45, 7) is 2.73. The third-order valence-corrected chi connectivity index (χ3v) is 4.84. The van der Waals surface area contributed by atoms with Crippen LogP contribution in [0.1, 0.15) is 9.75 Å². The van der Waals surface area contributed by atoms with Crippen molar-refractivity contribution in [1.29, 1.82) is 0 Å². The molecule has 2 nitrogen and oxygen atoms in total. The van der Waals surface area contributed by atoms with Gasteiger partial charge in [0.15, 0.2) is 4.77 Å². The largest absolute Gasteiger partial charge is 0.331 e. The van der Waals surface area contributed by atoms with Crippen molar-refractivity contribution in [3.05, 3.63) is 49.1 Å². The fourth-order valence-electron chi connectivity index (χ4n) is 2.03. The number of hydrogen-bond acceptors (Lipinski definition) is 2. The van der Waals surface area contributed by atoms with E-state index in [2.05, 4.69) is 40.0 Å². The van der Waals surface area contributed by atoms with E-state index in [9.17, 15) is 4.39 Å². The van der Waals surface area contributed by atoms with Crippen LogP contribution in [0.2, 0.25) is 0 Å². The molecular weight excluding hydrogens is 347 g/mol. The van der Waals surface area contributed by atoms with Gasteiger partial charge in [-0.3, -0.25) is 0 Å². The van der Waals surface area contributed by atoms with E-state index in [1.165, 1.54) is 15.8 Å². The van der Waals surface area contributed by atoms with Crippen LogP contribution >= 0.6 is 39.5 Å². The molecule has 0 aliphatic rings. The fourth-order valence-corrected chi connectivity index (χ4v) is 3.53. The third-order valence-electron chi connectivity index (χ3n) is 2.93. The standard InChI is InChI=1S/C13H10BrFN2S2/c1-7-2-3-8(19-7)6-17-12-5-10(15)9(14)4-11(12)16-13(17)18/h2-5H,6H2,1H3,(H,16,18). The molecule has 1 aromatic carbocycles. The van der Waals surface area contributed by atoms with Crippen LogP contribution in [0.25, 0.3) is 11.0 Å². The van der Waals surface area contributed by atoms with Crippen LogP contribution in [0.15, 0.2) is 28.7 Å². The first kappa shape index (κ1) is 13.0. The summed E-state index contributed by atoms with van der Waals surface area (Å²) in [6.07, 6.45) is 0. The van der Waals surface area contributed by atoms with E-state index in [0.717, 1.165) is 11.0 Å². The summed E-state index contributed by atoms with van der Waals surface area (Å²) < 4.78 is 16.6. The van der Waals surface area contributed by atoms with Gasteiger partial charge in [-0.15, -0.1) is 11.3 Å². The molecule has 0 radical (unpaired) electrons. The van der Waals surface area contributed by atoms with Crippen molar-refractivity contribution in [2.24, 2.45) is 0 Å². The van der Waals surface area contributed by atoms with Gasteiger partial charge in [0.25, 0.3) is 0 Å². The number of halogens is 2. The highest BCUT2D eigenvalue weighted by Gasteiger charge is 2.10. The predicted octanol–water partition coefficient (Wildman–Crippen LogP) is 5.02. The lowest BCUT2D eigenvalue weighted by molar-refractivity contribution is 0.622. The Morgan fingerprint density at radius 1 is 1.42 bits per heavy atom. The van der Waals surface area contributed by atoms with Crippen LogP contribution in [0.3, 0.4) is 0 Å². The number of imidazole rings is 1. The number of aryl methyl sites for hydroxylation is 1. The molecule has 0 aliphatic heterocycles. The number of thiophene rings is 1. The predicted molar refractivity (Wildman–Crippen MR) is 82.9 cm³/mol. The molecule has 3 aromatic rings. The Morgan fingerprint density at radius 3 is 2.89 bits per heavy atom. The molecule has 2 heterocycles. The smallest absolute Gasteiger partial charge is 0.178 e. The zero-order valence-corrected chi connectivity index (χ0v) is 13.3. The van der Waals surface area contributed by atoms with Gasteiger partial charge < -0.3 is 9.55 Å². The maximum Gasteiger partial charge on any atom is 0.178 e. The lowest BCUT2D eigenvalue weighted by Gasteiger charge is -2.03. The number of nitrogens with zero attached hydrogens (tertiary/aromatic N) is 1. The number of hydrogen-bond donors (Lipinski definition) is 1. The van der Waals surface area contributed by atoms with Crippen LogP contribution in [0, 0.1) is 17.5 Å². The average molecular weight is 357 g/mol. The molecule has 0 saturated carbocycles. The minimum atomic E-state index is -0.280. The molecule has 0 unspecified atom stereocenters. The van der Waals surface area contributed by atoms with Crippen LogP contribution < -0.4 is 0 Å². The molecule has 2 aromatic heterocycles. The Kier molecular flexibility index (Phi) is 3.32. The summed E-state index contributed by atoms with van der Waals surface area (Å²) >= 11 is 10.2. The molecule has 0 fully saturated rings. The highest BCUT2D eigenvalue weighted by Crippen LogP contribution is 2.25. The van der Waals surface area contributed by atoms with Crippen LogP contribution in [-0.2, 0) is 6.54 Å². The fraction of sp³-hybridized carbons (Fsp3) is 0.154. The molecule has 0 atom stereocenters. The van der Waals surface area contributed by atoms with Gasteiger partial charge in [0.2, 0.25) is 0 Å². The summed E-state index contributed by atoms with van der Waals surface area (Å²) in [5.41, 5.74) is 1.63. The van der Waals surface area contributed by atoms with E-state index in [1.807, 2.05) is 4.57 Å². The molecule has 0 amide bonds. The minimum Gasteiger partial charge on any atom is -0.331 e. The molecule has 98 valence electrons. The Hall–Kier alpha value is -0.980. The summed E-state index contributed by atoms with van der Waals surface area (Å²) in [5.74, 6) is -0.280. The SMILES string of the molecule is Cc1ccc(Cn2c(=S)[nH]c3cc(Br)c(F)cc32)s1. The molecule has 0 bridgehead atoms. The van der Waals surface area contributed by atoms with Crippen molar-refractivity contribution < 1.29 is 4.39 Å². The van der Waals surface area contributed by atoms with Crippen molar-refractivity contribution in [3.63, 3.8) is 0 Å². The zero-order valence-electron chi connectivity index (χ0n) is 10.0. The second kappa shape index (κ2) is 4.85. The highest BCUT2D eigenvalue weighted by molar-refractivity contribution is 9.10. The number of fused-ring (bicyclic) bond motifs is 1. The van der Waals surface area contributed by atoms with E-state index >= 15 is 0 Å². The third kappa shape index (κ3) is 2.40. The normalized spacial score (nSPS) is 11.3. The Labute approximate surface area is 127 Å². The summed E-state index contributed by atoms with van der Waals surface area (Å²) in [7, 11) is 0. The topological polar surface area (TPSA) is 20.7 Å². The Bertz CT molecular complexity index is 816. The maximum atomic E-state index is 13.7. The van der Waals surface area contributed by atoms with Crippen molar-refractivity contribution in [2.75, 3.05) is 0 Å². The minimum absolute atomic E-state index is 0.280. The lowest BCUT2D eigenvalue weighted by atomic mass is 10.3. The number of nitrogens with one attached hydrogen (secondary N) is 1. The lowest BCUT2D eigenvalue weighted by Crippen LogP contribution is -1.97. The van der Waals surface area contributed by atoms with Crippen molar-refractivity contribution in [1.82, 2.24) is 9.55 Å². The van der Waals surface area contributed by atoms with Crippen LogP contribution in [-0.4, -0.2) is 9.55 Å². The molecule has 19 heavy (non-hydrogen) atoms. The van der Waals surface area contributed by atoms with Crippen molar-refractivity contribution in [2.45, 2.75) is 13.5 Å². The first-order valence-electron chi connectivity index (χ1n) is 5.67. The summed E-state index contributed by atoms with van der Waals surface area (Å²) in [5, 5.41) is 0. The van der Waals surface area contributed by atoms with Gasteiger partial charge in [-0.2, -0.15) is 0 Å². The highest BCUT2D eigenvalue weighted by atomic mass is 79.9. The maximum absolute atomic E-state index is 13.7. The van der Waals surface area contributed by atoms with Crippen molar-refractivity contribution in [3.8, 4) is 0 Å². The zero-order chi connectivity index (χ0) is 13.6. The van der Waals surface area contributed by atoms with E-state index in [-0.39, 0.29) is 5.82 Å². The van der Waals surface area contributed by atoms with E-state index in [1.54, 1.807) is 17.4 Å². The first-order chi connectivity index (χ1) is 9.04. The van der Waals surface area contributed by atoms with Gasteiger partial charge in [0.05, 0.1) is 22.1 Å². The molecule has 1 N–H and O–H groups in total. The molecular formula is C13H10BrFN2S2. The summed E-state index contributed by atoms with van der Waals surface area (Å²) in [4.78, 5) is 5.57. The van der Waals surface area contributed by atoms with E-state index in [0.29, 0.717) is 15.8 Å². The number of aromatic amines is 1. The second-order valence-electron chi connectivity index (χ2n) is 4.31. The molecule has 3 rings (SSSR count). The Morgan fingerprint density at radius 2 is 2.21 bits per heavy atom. The van der Waals surface area contributed by atoms with E-state index < -0.39 is 0 Å². The van der Waals surface area contributed by atoms with Gasteiger partial charge in [0, 0.05) is 15.8 Å². The average Bonchev–Trinajstić information content (AvgIpc) is 2.87. The van der Waals surface area contributed by atoms with Gasteiger partial charge >= 0.3 is 0 Å². The van der Waals surface area contributed by atoms with Gasteiger partial charge in [-0.25, -0.2) is 4.39 Å². The summed E-state index contributed by atoms with van der Waals surface area (Å²) in [6, 6.07) is 7.38. The van der Waals surface area contributed by atoms with Gasteiger partial charge in [-0.05, 0) is 53.3 Å². The number of rotatable bonds is 2. The number of H-pyrrole nitrogens is 1. The molecule has 0 spiro atoms. The van der Waals surface area contributed by atoms with E-state index in [4.69, 9.17) is 12.2 Å². The molecule has 0 aliphatic carbocycles. The molecule has 0 saturated heterocycles. The van der Waals surface area contributed by atoms with Crippen LogP contribution in [0.5, 0.6) is 0 Å². The number of benzene rings is 1. The Balaban J connectivity index is 2.15.